The number of rotatable bonds is 7. The van der Waals surface area contributed by atoms with Crippen LogP contribution in [0, 0.1) is 12.8 Å². The Hall–Kier alpha value is -2.27. The van der Waals surface area contributed by atoms with Crippen molar-refractivity contribution in [1.82, 2.24) is 4.98 Å². The molecule has 1 aliphatic rings. The molecule has 0 spiro atoms. The molecule has 0 aliphatic heterocycles. The lowest BCUT2D eigenvalue weighted by molar-refractivity contribution is 0.283. The van der Waals surface area contributed by atoms with Gasteiger partial charge < -0.3 is 13.9 Å². The molecule has 0 saturated heterocycles. The summed E-state index contributed by atoms with van der Waals surface area (Å²) < 4.78 is 18.6. The van der Waals surface area contributed by atoms with E-state index in [4.69, 9.17) is 13.9 Å². The lowest BCUT2D eigenvalue weighted by atomic mass is 10.2. The van der Waals surface area contributed by atoms with Crippen molar-refractivity contribution in [2.24, 2.45) is 5.92 Å². The molecule has 1 aromatic heterocycles. The second-order valence-electron chi connectivity index (χ2n) is 6.59. The van der Waals surface area contributed by atoms with E-state index in [1.165, 1.54) is 12.8 Å². The molecular weight excluding hydrogens is 394 g/mol. The molecule has 134 valence electrons. The van der Waals surface area contributed by atoms with Gasteiger partial charge in [0.2, 0.25) is 5.89 Å². The fraction of sp³-hybridized carbons (Fsp3) is 0.286. The molecule has 0 unspecified atom stereocenters. The number of aromatic nitrogens is 1. The van der Waals surface area contributed by atoms with Crippen molar-refractivity contribution in [1.29, 1.82) is 0 Å². The minimum absolute atomic E-state index is 0.482. The number of benzene rings is 2. The zero-order valence-electron chi connectivity index (χ0n) is 14.6. The van der Waals surface area contributed by atoms with Crippen LogP contribution in [0.2, 0.25) is 0 Å². The van der Waals surface area contributed by atoms with Gasteiger partial charge >= 0.3 is 0 Å². The van der Waals surface area contributed by atoms with Crippen LogP contribution in [0.5, 0.6) is 11.5 Å². The Kier molecular flexibility index (Phi) is 4.98. The van der Waals surface area contributed by atoms with Gasteiger partial charge in [0.25, 0.3) is 0 Å². The van der Waals surface area contributed by atoms with E-state index < -0.39 is 0 Å². The van der Waals surface area contributed by atoms with E-state index >= 15 is 0 Å². The molecule has 0 amide bonds. The van der Waals surface area contributed by atoms with E-state index in [9.17, 15) is 0 Å². The Balaban J connectivity index is 1.62. The lowest BCUT2D eigenvalue weighted by Crippen LogP contribution is -2.02. The summed E-state index contributed by atoms with van der Waals surface area (Å²) >= 11 is 3.64. The second-order valence-corrected chi connectivity index (χ2v) is 7.38. The van der Waals surface area contributed by atoms with Gasteiger partial charge in [-0.2, -0.15) is 0 Å². The van der Waals surface area contributed by atoms with Gasteiger partial charge in [-0.25, -0.2) is 4.98 Å². The molecule has 3 aromatic rings. The highest BCUT2D eigenvalue weighted by Gasteiger charge is 2.23. The number of hydrogen-bond acceptors (Lipinski definition) is 4. The summed E-state index contributed by atoms with van der Waals surface area (Å²) in [5, 5.41) is 0. The van der Waals surface area contributed by atoms with Crippen LogP contribution in [0.3, 0.4) is 0 Å². The normalized spacial score (nSPS) is 13.6. The first kappa shape index (κ1) is 17.2. The van der Waals surface area contributed by atoms with E-state index in [1.54, 1.807) is 6.20 Å². The fourth-order valence-corrected chi connectivity index (χ4v) is 3.08. The fourth-order valence-electron chi connectivity index (χ4n) is 2.62. The van der Waals surface area contributed by atoms with Gasteiger partial charge in [0.15, 0.2) is 0 Å². The quantitative estimate of drug-likeness (QED) is 0.492. The smallest absolute Gasteiger partial charge is 0.226 e. The number of ether oxygens (including phenoxy) is 2. The van der Waals surface area contributed by atoms with E-state index in [2.05, 4.69) is 20.9 Å². The first-order chi connectivity index (χ1) is 12.7. The Labute approximate surface area is 161 Å². The Morgan fingerprint density at radius 2 is 1.85 bits per heavy atom. The van der Waals surface area contributed by atoms with Gasteiger partial charge in [-0.05, 0) is 59.3 Å². The average Bonchev–Trinajstić information content (AvgIpc) is 3.39. The van der Waals surface area contributed by atoms with E-state index in [0.717, 1.165) is 33.7 Å². The van der Waals surface area contributed by atoms with Crippen LogP contribution in [0.1, 0.15) is 24.2 Å². The second kappa shape index (κ2) is 7.54. The van der Waals surface area contributed by atoms with Crippen molar-refractivity contribution >= 4 is 15.9 Å². The van der Waals surface area contributed by atoms with Crippen molar-refractivity contribution in [2.75, 3.05) is 6.61 Å². The molecule has 2 aromatic carbocycles. The summed E-state index contributed by atoms with van der Waals surface area (Å²) in [6, 6.07) is 14.0. The molecule has 0 radical (unpaired) electrons. The number of hydrogen-bond donors (Lipinski definition) is 0. The highest BCUT2D eigenvalue weighted by atomic mass is 79.9. The van der Waals surface area contributed by atoms with E-state index in [-0.39, 0.29) is 0 Å². The molecule has 4 nitrogen and oxygen atoms in total. The molecule has 1 heterocycles. The van der Waals surface area contributed by atoms with Crippen LogP contribution in [0.4, 0.5) is 0 Å². The maximum atomic E-state index is 6.06. The van der Waals surface area contributed by atoms with Crippen molar-refractivity contribution < 1.29 is 13.9 Å². The van der Waals surface area contributed by atoms with Crippen LogP contribution in [0.25, 0.3) is 11.5 Å². The minimum atomic E-state index is 0.482. The molecule has 1 saturated carbocycles. The van der Waals surface area contributed by atoms with Crippen LogP contribution < -0.4 is 9.47 Å². The highest BCUT2D eigenvalue weighted by Crippen LogP contribution is 2.40. The van der Waals surface area contributed by atoms with Crippen LogP contribution in [-0.2, 0) is 6.61 Å². The molecule has 0 atom stereocenters. The molecule has 1 fully saturated rings. The van der Waals surface area contributed by atoms with Gasteiger partial charge in [-0.1, -0.05) is 30.3 Å². The highest BCUT2D eigenvalue weighted by molar-refractivity contribution is 9.10. The van der Waals surface area contributed by atoms with Crippen molar-refractivity contribution in [3.05, 3.63) is 64.5 Å². The molecule has 26 heavy (non-hydrogen) atoms. The predicted molar refractivity (Wildman–Crippen MR) is 103 cm³/mol. The molecule has 0 N–H and O–H groups in total. The van der Waals surface area contributed by atoms with Gasteiger partial charge in [-0.15, -0.1) is 0 Å². The minimum Gasteiger partial charge on any atom is -0.492 e. The molecule has 5 heteroatoms. The number of halogens is 1. The summed E-state index contributed by atoms with van der Waals surface area (Å²) in [4.78, 5) is 4.33. The Bertz CT molecular complexity index is 888. The van der Waals surface area contributed by atoms with Crippen LogP contribution in [-0.4, -0.2) is 11.6 Å². The third-order valence-electron chi connectivity index (χ3n) is 4.28. The van der Waals surface area contributed by atoms with Crippen LogP contribution >= 0.6 is 15.9 Å². The zero-order valence-corrected chi connectivity index (χ0v) is 16.2. The molecule has 4 rings (SSSR count). The maximum Gasteiger partial charge on any atom is 0.226 e. The van der Waals surface area contributed by atoms with E-state index in [1.807, 2.05) is 49.4 Å². The molecule has 1 aliphatic carbocycles. The number of oxazole rings is 1. The first-order valence-corrected chi connectivity index (χ1v) is 9.54. The summed E-state index contributed by atoms with van der Waals surface area (Å²) in [6.07, 6.45) is 4.20. The monoisotopic (exact) mass is 413 g/mol. The van der Waals surface area contributed by atoms with Gasteiger partial charge in [0, 0.05) is 5.56 Å². The summed E-state index contributed by atoms with van der Waals surface area (Å²) in [7, 11) is 0. The van der Waals surface area contributed by atoms with Crippen LogP contribution in [0.15, 0.2) is 57.6 Å². The van der Waals surface area contributed by atoms with E-state index in [0.29, 0.717) is 24.2 Å². The number of aryl methyl sites for hydroxylation is 1. The van der Waals surface area contributed by atoms with Crippen molar-refractivity contribution in [3.63, 3.8) is 0 Å². The molecule has 0 bridgehead atoms. The Morgan fingerprint density at radius 3 is 2.50 bits per heavy atom. The Morgan fingerprint density at radius 1 is 1.12 bits per heavy atom. The third kappa shape index (κ3) is 4.10. The first-order valence-electron chi connectivity index (χ1n) is 8.75. The maximum absolute atomic E-state index is 6.06. The van der Waals surface area contributed by atoms with Crippen molar-refractivity contribution in [2.45, 2.75) is 26.4 Å². The summed E-state index contributed by atoms with van der Waals surface area (Å²) in [5.74, 6) is 3.48. The van der Waals surface area contributed by atoms with Gasteiger partial charge in [0.05, 0.1) is 12.8 Å². The largest absolute Gasteiger partial charge is 0.492 e. The third-order valence-corrected chi connectivity index (χ3v) is 5.06. The predicted octanol–water partition coefficient (Wildman–Crippen LogP) is 5.78. The average molecular weight is 414 g/mol. The topological polar surface area (TPSA) is 44.5 Å². The zero-order chi connectivity index (χ0) is 17.9. The SMILES string of the molecule is Cc1cnc(-c2cc(OCc3ccccc3)c(Br)c(OCC3CC3)c2)o1. The lowest BCUT2D eigenvalue weighted by Gasteiger charge is -2.14. The van der Waals surface area contributed by atoms with Crippen molar-refractivity contribution in [3.8, 4) is 23.0 Å². The number of nitrogens with zero attached hydrogens (tertiary/aromatic N) is 1. The molecular formula is C21H20BrNO3. The summed E-state index contributed by atoms with van der Waals surface area (Å²) in [5.41, 5.74) is 1.95. The summed E-state index contributed by atoms with van der Waals surface area (Å²) in [6.45, 7) is 3.09. The van der Waals surface area contributed by atoms with Gasteiger partial charge in [-0.3, -0.25) is 0 Å². The van der Waals surface area contributed by atoms with Gasteiger partial charge in [0.1, 0.15) is 28.3 Å². The standard InChI is InChI=1S/C21H20BrNO3/c1-14-11-23-21(26-14)17-9-18(24-12-15-5-3-2-4-6-15)20(22)19(10-17)25-13-16-7-8-16/h2-6,9-11,16H,7-8,12-13H2,1H3.